The maximum Gasteiger partial charge on any atom is 0.303 e. The number of benzene rings is 1. The molecule has 2 aromatic rings. The van der Waals surface area contributed by atoms with Gasteiger partial charge in [-0.3, -0.25) is 9.48 Å². The second kappa shape index (κ2) is 7.75. The van der Waals surface area contributed by atoms with E-state index < -0.39 is 5.97 Å². The Bertz CT molecular complexity index is 635. The number of hydrogen-bond acceptors (Lipinski definition) is 3. The summed E-state index contributed by atoms with van der Waals surface area (Å²) in [6.07, 6.45) is 5.56. The van der Waals surface area contributed by atoms with Crippen molar-refractivity contribution in [3.05, 3.63) is 41.7 Å². The summed E-state index contributed by atoms with van der Waals surface area (Å²) in [7, 11) is 1.70. The van der Waals surface area contributed by atoms with Crippen LogP contribution in [0, 0.1) is 6.92 Å². The van der Waals surface area contributed by atoms with Crippen LogP contribution in [0.5, 0.6) is 0 Å². The number of carbonyl (C=O) groups is 1. The number of nitrogens with zero attached hydrogens (tertiary/aromatic N) is 2. The first-order chi connectivity index (χ1) is 10.6. The molecule has 5 nitrogen and oxygen atoms in total. The number of hydrogen-bond donors (Lipinski definition) is 1. The van der Waals surface area contributed by atoms with Gasteiger partial charge in [0.15, 0.2) is 0 Å². The lowest BCUT2D eigenvalue weighted by Gasteiger charge is -2.06. The van der Waals surface area contributed by atoms with Crippen LogP contribution in [-0.4, -0.2) is 34.6 Å². The van der Waals surface area contributed by atoms with E-state index in [9.17, 15) is 4.79 Å². The number of carboxylic acids is 1. The largest absolute Gasteiger partial charge is 0.481 e. The van der Waals surface area contributed by atoms with E-state index in [4.69, 9.17) is 9.84 Å². The molecule has 0 aliphatic carbocycles. The number of aliphatic carboxylic acids is 1. The maximum absolute atomic E-state index is 10.6. The molecular formula is C17H22N2O3. The maximum atomic E-state index is 10.6. The Morgan fingerprint density at radius 3 is 2.91 bits per heavy atom. The van der Waals surface area contributed by atoms with Gasteiger partial charge in [0.1, 0.15) is 0 Å². The molecule has 0 aliphatic heterocycles. The fourth-order valence-corrected chi connectivity index (χ4v) is 2.45. The van der Waals surface area contributed by atoms with Gasteiger partial charge in [-0.15, -0.1) is 0 Å². The SMILES string of the molecule is COCCCn1cc(-c2ccc(CCC(=O)O)cc2C)cn1. The van der Waals surface area contributed by atoms with E-state index in [1.165, 1.54) is 0 Å². The van der Waals surface area contributed by atoms with Crippen LogP contribution >= 0.6 is 0 Å². The monoisotopic (exact) mass is 302 g/mol. The highest BCUT2D eigenvalue weighted by molar-refractivity contribution is 5.68. The number of rotatable bonds is 8. The van der Waals surface area contributed by atoms with Crippen LogP contribution in [0.2, 0.25) is 0 Å². The molecule has 0 spiro atoms. The highest BCUT2D eigenvalue weighted by atomic mass is 16.5. The van der Waals surface area contributed by atoms with E-state index in [0.29, 0.717) is 6.42 Å². The molecule has 1 N–H and O–H groups in total. The molecule has 2 rings (SSSR count). The van der Waals surface area contributed by atoms with Crippen molar-refractivity contribution in [3.63, 3.8) is 0 Å². The molecule has 0 saturated heterocycles. The Labute approximate surface area is 130 Å². The zero-order valence-electron chi connectivity index (χ0n) is 13.1. The third kappa shape index (κ3) is 4.43. The molecule has 0 radical (unpaired) electrons. The smallest absolute Gasteiger partial charge is 0.303 e. The van der Waals surface area contributed by atoms with Gasteiger partial charge in [0, 0.05) is 38.4 Å². The molecule has 0 amide bonds. The minimum atomic E-state index is -0.765. The van der Waals surface area contributed by atoms with Gasteiger partial charge in [0.05, 0.1) is 6.20 Å². The van der Waals surface area contributed by atoms with Crippen LogP contribution < -0.4 is 0 Å². The van der Waals surface area contributed by atoms with E-state index in [1.54, 1.807) is 7.11 Å². The molecule has 118 valence electrons. The zero-order valence-corrected chi connectivity index (χ0v) is 13.1. The first-order valence-corrected chi connectivity index (χ1v) is 7.43. The summed E-state index contributed by atoms with van der Waals surface area (Å²) in [5.74, 6) is -0.765. The van der Waals surface area contributed by atoms with Crippen LogP contribution in [0.25, 0.3) is 11.1 Å². The molecule has 1 aromatic heterocycles. The third-order valence-corrected chi connectivity index (χ3v) is 3.60. The molecule has 0 bridgehead atoms. The minimum absolute atomic E-state index is 0.163. The van der Waals surface area contributed by atoms with Gasteiger partial charge in [-0.05, 0) is 36.5 Å². The van der Waals surface area contributed by atoms with Crippen molar-refractivity contribution >= 4 is 5.97 Å². The normalized spacial score (nSPS) is 10.8. The average molecular weight is 302 g/mol. The van der Waals surface area contributed by atoms with E-state index in [-0.39, 0.29) is 6.42 Å². The van der Waals surface area contributed by atoms with E-state index in [1.807, 2.05) is 36.1 Å². The number of aryl methyl sites for hydroxylation is 3. The predicted octanol–water partition coefficient (Wildman–Crippen LogP) is 2.91. The Hall–Kier alpha value is -2.14. The van der Waals surface area contributed by atoms with Crippen LogP contribution in [0.15, 0.2) is 30.6 Å². The molecule has 22 heavy (non-hydrogen) atoms. The summed E-state index contributed by atoms with van der Waals surface area (Å²) in [6, 6.07) is 6.09. The van der Waals surface area contributed by atoms with Gasteiger partial charge in [-0.25, -0.2) is 0 Å². The third-order valence-electron chi connectivity index (χ3n) is 3.60. The van der Waals surface area contributed by atoms with E-state index >= 15 is 0 Å². The molecule has 0 aliphatic rings. The summed E-state index contributed by atoms with van der Waals surface area (Å²) >= 11 is 0. The van der Waals surface area contributed by atoms with Gasteiger partial charge in [-0.2, -0.15) is 5.10 Å². The summed E-state index contributed by atoms with van der Waals surface area (Å²) in [5, 5.41) is 13.1. The van der Waals surface area contributed by atoms with Gasteiger partial charge in [-0.1, -0.05) is 18.2 Å². The van der Waals surface area contributed by atoms with Crippen LogP contribution in [0.1, 0.15) is 24.0 Å². The first kappa shape index (κ1) is 16.2. The summed E-state index contributed by atoms with van der Waals surface area (Å²) < 4.78 is 6.97. The first-order valence-electron chi connectivity index (χ1n) is 7.43. The second-order valence-corrected chi connectivity index (χ2v) is 5.38. The predicted molar refractivity (Wildman–Crippen MR) is 84.8 cm³/mol. The van der Waals surface area contributed by atoms with Crippen molar-refractivity contribution in [1.82, 2.24) is 9.78 Å². The summed E-state index contributed by atoms with van der Waals surface area (Å²) in [5.41, 5.74) is 4.41. The van der Waals surface area contributed by atoms with Crippen molar-refractivity contribution in [2.24, 2.45) is 0 Å². The van der Waals surface area contributed by atoms with Gasteiger partial charge < -0.3 is 9.84 Å². The van der Waals surface area contributed by atoms with Crippen LogP contribution in [-0.2, 0) is 22.5 Å². The van der Waals surface area contributed by atoms with E-state index in [2.05, 4.69) is 11.2 Å². The number of ether oxygens (including phenoxy) is 1. The standard InChI is InChI=1S/C17H22N2O3/c1-13-10-14(5-7-17(20)21)4-6-16(13)15-11-18-19(12-15)8-3-9-22-2/h4,6,10-12H,3,5,7-9H2,1-2H3,(H,20,21). The van der Waals surface area contributed by atoms with Gasteiger partial charge in [0.25, 0.3) is 0 Å². The van der Waals surface area contributed by atoms with Crippen molar-refractivity contribution in [2.45, 2.75) is 32.7 Å². The molecule has 5 heteroatoms. The van der Waals surface area contributed by atoms with Crippen LogP contribution in [0.3, 0.4) is 0 Å². The lowest BCUT2D eigenvalue weighted by molar-refractivity contribution is -0.136. The zero-order chi connectivity index (χ0) is 15.9. The van der Waals surface area contributed by atoms with Crippen molar-refractivity contribution in [2.75, 3.05) is 13.7 Å². The fourth-order valence-electron chi connectivity index (χ4n) is 2.45. The lowest BCUT2D eigenvalue weighted by atomic mass is 9.99. The van der Waals surface area contributed by atoms with Crippen molar-refractivity contribution < 1.29 is 14.6 Å². The minimum Gasteiger partial charge on any atom is -0.481 e. The Kier molecular flexibility index (Phi) is 5.72. The quantitative estimate of drug-likeness (QED) is 0.762. The van der Waals surface area contributed by atoms with Gasteiger partial charge in [0.2, 0.25) is 0 Å². The number of aromatic nitrogens is 2. The average Bonchev–Trinajstić information content (AvgIpc) is 2.94. The van der Waals surface area contributed by atoms with Crippen molar-refractivity contribution in [1.29, 1.82) is 0 Å². The lowest BCUT2D eigenvalue weighted by Crippen LogP contribution is -2.01. The van der Waals surface area contributed by atoms with Crippen molar-refractivity contribution in [3.8, 4) is 11.1 Å². The molecule has 0 saturated carbocycles. The number of carboxylic acid groups (broad SMARTS) is 1. The highest BCUT2D eigenvalue weighted by Gasteiger charge is 2.07. The molecule has 0 atom stereocenters. The molecule has 1 aromatic carbocycles. The molecular weight excluding hydrogens is 280 g/mol. The summed E-state index contributed by atoms with van der Waals surface area (Å²) in [4.78, 5) is 10.6. The Balaban J connectivity index is 2.07. The van der Waals surface area contributed by atoms with Crippen LogP contribution in [0.4, 0.5) is 0 Å². The van der Waals surface area contributed by atoms with E-state index in [0.717, 1.165) is 41.8 Å². The molecule has 1 heterocycles. The summed E-state index contributed by atoms with van der Waals surface area (Å²) in [6.45, 7) is 3.61. The second-order valence-electron chi connectivity index (χ2n) is 5.38. The fraction of sp³-hybridized carbons (Fsp3) is 0.412. The molecule has 0 unspecified atom stereocenters. The Morgan fingerprint density at radius 2 is 2.23 bits per heavy atom. The molecule has 0 fully saturated rings. The van der Waals surface area contributed by atoms with Gasteiger partial charge >= 0.3 is 5.97 Å². The number of methoxy groups -OCH3 is 1. The topological polar surface area (TPSA) is 64.3 Å². The Morgan fingerprint density at radius 1 is 1.41 bits per heavy atom. The highest BCUT2D eigenvalue weighted by Crippen LogP contribution is 2.24.